The fraction of sp³-hybridized carbons (Fsp3) is 0.667. The average molecular weight is 376 g/mol. The summed E-state index contributed by atoms with van der Waals surface area (Å²) in [7, 11) is 0. The van der Waals surface area contributed by atoms with E-state index in [1.165, 1.54) is 0 Å². The maximum atomic E-state index is 12.0. The third-order valence-electron chi connectivity index (χ3n) is 5.49. The molecule has 3 rings (SSSR count). The van der Waals surface area contributed by atoms with Crippen LogP contribution in [0.2, 0.25) is 0 Å². The van der Waals surface area contributed by atoms with Crippen molar-refractivity contribution in [2.75, 3.05) is 46.0 Å². The molecule has 6 heteroatoms. The van der Waals surface area contributed by atoms with Crippen molar-refractivity contribution in [1.82, 2.24) is 9.80 Å². The normalized spacial score (nSPS) is 25.3. The van der Waals surface area contributed by atoms with E-state index in [9.17, 15) is 9.90 Å². The highest BCUT2D eigenvalue weighted by atomic mass is 16.5. The maximum Gasteiger partial charge on any atom is 0.219 e. The Bertz CT molecular complexity index is 639. The minimum absolute atomic E-state index is 0.00588. The van der Waals surface area contributed by atoms with Crippen molar-refractivity contribution in [2.45, 2.75) is 45.3 Å². The molecule has 0 saturated carbocycles. The molecular formula is C21H32N2O4. The van der Waals surface area contributed by atoms with Gasteiger partial charge in [0.25, 0.3) is 0 Å². The third kappa shape index (κ3) is 5.43. The Kier molecular flexibility index (Phi) is 6.40. The summed E-state index contributed by atoms with van der Waals surface area (Å²) in [6.07, 6.45) is 1.93. The summed E-state index contributed by atoms with van der Waals surface area (Å²) in [6, 6.07) is 6.44. The maximum absolute atomic E-state index is 12.0. The van der Waals surface area contributed by atoms with E-state index >= 15 is 0 Å². The zero-order chi connectivity index (χ0) is 19.4. The van der Waals surface area contributed by atoms with Crippen LogP contribution in [0.5, 0.6) is 5.75 Å². The standard InChI is InChI=1S/C21H32N2O4/c1-16-10-17(2)12-20(11-16)27-15-21(25)13-22(18(3)24)6-7-23(14-21)19-4-8-26-9-5-19/h10-12,19,25H,4-9,13-15H2,1-3H3/t21-/m1/s1. The lowest BCUT2D eigenvalue weighted by atomic mass is 10.0. The predicted octanol–water partition coefficient (Wildman–Crippen LogP) is 1.76. The summed E-state index contributed by atoms with van der Waals surface area (Å²) in [6.45, 7) is 9.53. The Labute approximate surface area is 162 Å². The summed E-state index contributed by atoms with van der Waals surface area (Å²) >= 11 is 0. The number of rotatable bonds is 4. The average Bonchev–Trinajstić information content (AvgIpc) is 2.80. The van der Waals surface area contributed by atoms with Gasteiger partial charge in [-0.1, -0.05) is 6.07 Å². The summed E-state index contributed by atoms with van der Waals surface area (Å²) in [5.74, 6) is 0.755. The first kappa shape index (κ1) is 20.1. The first-order valence-electron chi connectivity index (χ1n) is 9.85. The summed E-state index contributed by atoms with van der Waals surface area (Å²) in [5.41, 5.74) is 1.16. The van der Waals surface area contributed by atoms with E-state index in [1.54, 1.807) is 11.8 Å². The molecule has 1 aromatic rings. The molecule has 0 bridgehead atoms. The van der Waals surface area contributed by atoms with Crippen LogP contribution in [-0.2, 0) is 9.53 Å². The molecule has 0 aliphatic carbocycles. The van der Waals surface area contributed by atoms with Gasteiger partial charge >= 0.3 is 0 Å². The van der Waals surface area contributed by atoms with Crippen molar-refractivity contribution in [3.8, 4) is 5.75 Å². The Balaban J connectivity index is 1.73. The number of β-amino-alcohol motifs (C(OH)–C–C–N with tert-alkyl or cyclic N) is 1. The summed E-state index contributed by atoms with van der Waals surface area (Å²) < 4.78 is 11.5. The van der Waals surface area contributed by atoms with Crippen LogP contribution in [-0.4, -0.2) is 78.5 Å². The van der Waals surface area contributed by atoms with E-state index in [2.05, 4.69) is 11.0 Å². The number of amides is 1. The number of benzene rings is 1. The lowest BCUT2D eigenvalue weighted by molar-refractivity contribution is -0.132. The molecule has 6 nitrogen and oxygen atoms in total. The van der Waals surface area contributed by atoms with Gasteiger partial charge in [0.1, 0.15) is 18.0 Å². The first-order chi connectivity index (χ1) is 12.8. The van der Waals surface area contributed by atoms with Crippen LogP contribution in [0, 0.1) is 13.8 Å². The second kappa shape index (κ2) is 8.59. The van der Waals surface area contributed by atoms with Gasteiger partial charge < -0.3 is 19.5 Å². The van der Waals surface area contributed by atoms with Crippen molar-refractivity contribution in [1.29, 1.82) is 0 Å². The molecule has 0 aromatic heterocycles. The summed E-state index contributed by atoms with van der Waals surface area (Å²) in [4.78, 5) is 16.1. The van der Waals surface area contributed by atoms with Crippen molar-refractivity contribution in [3.63, 3.8) is 0 Å². The van der Waals surface area contributed by atoms with Crippen LogP contribution in [0.1, 0.15) is 30.9 Å². The lowest BCUT2D eigenvalue weighted by Crippen LogP contribution is -2.53. The zero-order valence-corrected chi connectivity index (χ0v) is 16.7. The number of aryl methyl sites for hydroxylation is 2. The highest BCUT2D eigenvalue weighted by Gasteiger charge is 2.39. The second-order valence-electron chi connectivity index (χ2n) is 8.09. The number of hydrogen-bond acceptors (Lipinski definition) is 5. The minimum Gasteiger partial charge on any atom is -0.490 e. The van der Waals surface area contributed by atoms with Crippen LogP contribution < -0.4 is 4.74 Å². The van der Waals surface area contributed by atoms with E-state index in [1.807, 2.05) is 26.0 Å². The Morgan fingerprint density at radius 1 is 1.19 bits per heavy atom. The topological polar surface area (TPSA) is 62.2 Å². The summed E-state index contributed by atoms with van der Waals surface area (Å²) in [5, 5.41) is 11.4. The molecule has 1 amide bonds. The van der Waals surface area contributed by atoms with E-state index in [0.717, 1.165) is 49.5 Å². The van der Waals surface area contributed by atoms with Crippen molar-refractivity contribution in [3.05, 3.63) is 29.3 Å². The van der Waals surface area contributed by atoms with Crippen molar-refractivity contribution in [2.24, 2.45) is 0 Å². The van der Waals surface area contributed by atoms with E-state index < -0.39 is 5.60 Å². The number of hydrogen-bond donors (Lipinski definition) is 1. The molecule has 0 radical (unpaired) electrons. The fourth-order valence-electron chi connectivity index (χ4n) is 4.15. The van der Waals surface area contributed by atoms with E-state index in [0.29, 0.717) is 25.7 Å². The van der Waals surface area contributed by atoms with E-state index in [-0.39, 0.29) is 12.5 Å². The molecule has 2 saturated heterocycles. The minimum atomic E-state index is -1.10. The van der Waals surface area contributed by atoms with Crippen molar-refractivity contribution >= 4 is 5.91 Å². The molecule has 2 fully saturated rings. The molecule has 1 atom stereocenters. The molecule has 1 N–H and O–H groups in total. The molecule has 1 aromatic carbocycles. The number of carbonyl (C=O) groups excluding carboxylic acids is 1. The number of carbonyl (C=O) groups is 1. The number of aliphatic hydroxyl groups is 1. The molecular weight excluding hydrogens is 344 g/mol. The molecule has 150 valence electrons. The highest BCUT2D eigenvalue weighted by molar-refractivity contribution is 5.73. The van der Waals surface area contributed by atoms with Gasteiger partial charge in [-0.05, 0) is 49.9 Å². The zero-order valence-electron chi connectivity index (χ0n) is 16.7. The van der Waals surface area contributed by atoms with Gasteiger partial charge in [-0.3, -0.25) is 9.69 Å². The van der Waals surface area contributed by atoms with Gasteiger partial charge in [-0.2, -0.15) is 0 Å². The van der Waals surface area contributed by atoms with Gasteiger partial charge in [0, 0.05) is 45.8 Å². The quantitative estimate of drug-likeness (QED) is 0.868. The van der Waals surface area contributed by atoms with Crippen LogP contribution in [0.4, 0.5) is 0 Å². The Morgan fingerprint density at radius 3 is 2.48 bits per heavy atom. The van der Waals surface area contributed by atoms with Crippen molar-refractivity contribution < 1.29 is 19.4 Å². The monoisotopic (exact) mass is 376 g/mol. The van der Waals surface area contributed by atoms with Gasteiger partial charge in [0.05, 0.1) is 6.54 Å². The van der Waals surface area contributed by atoms with Crippen LogP contribution in [0.3, 0.4) is 0 Å². The molecule has 0 spiro atoms. The van der Waals surface area contributed by atoms with Gasteiger partial charge in [-0.15, -0.1) is 0 Å². The molecule has 2 aliphatic rings. The van der Waals surface area contributed by atoms with Crippen LogP contribution in [0.15, 0.2) is 18.2 Å². The highest BCUT2D eigenvalue weighted by Crippen LogP contribution is 2.24. The lowest BCUT2D eigenvalue weighted by Gasteiger charge is -2.37. The predicted molar refractivity (Wildman–Crippen MR) is 104 cm³/mol. The van der Waals surface area contributed by atoms with Crippen LogP contribution in [0.25, 0.3) is 0 Å². The Morgan fingerprint density at radius 2 is 1.85 bits per heavy atom. The van der Waals surface area contributed by atoms with Gasteiger partial charge in [0.2, 0.25) is 5.91 Å². The third-order valence-corrected chi connectivity index (χ3v) is 5.49. The largest absolute Gasteiger partial charge is 0.490 e. The smallest absolute Gasteiger partial charge is 0.219 e. The van der Waals surface area contributed by atoms with Gasteiger partial charge in [-0.25, -0.2) is 0 Å². The molecule has 2 heterocycles. The SMILES string of the molecule is CC(=O)N1CCN(C2CCOCC2)C[C@@](O)(COc2cc(C)cc(C)c2)C1. The second-order valence-corrected chi connectivity index (χ2v) is 8.09. The van der Waals surface area contributed by atoms with Gasteiger partial charge in [0.15, 0.2) is 0 Å². The number of nitrogens with zero attached hydrogens (tertiary/aromatic N) is 2. The molecule has 2 aliphatic heterocycles. The first-order valence-corrected chi connectivity index (χ1v) is 9.85. The molecule has 27 heavy (non-hydrogen) atoms. The van der Waals surface area contributed by atoms with E-state index in [4.69, 9.17) is 9.47 Å². The number of ether oxygens (including phenoxy) is 2. The fourth-order valence-corrected chi connectivity index (χ4v) is 4.15. The molecule has 0 unspecified atom stereocenters. The Hall–Kier alpha value is -1.63. The van der Waals surface area contributed by atoms with Crippen LogP contribution >= 0.6 is 0 Å².